The second-order valence-corrected chi connectivity index (χ2v) is 4.51. The molecule has 6 heteroatoms. The van der Waals surface area contributed by atoms with Gasteiger partial charge in [0.1, 0.15) is 17.5 Å². The van der Waals surface area contributed by atoms with Crippen LogP contribution in [0.1, 0.15) is 12.5 Å². The highest BCUT2D eigenvalue weighted by atomic mass is 19.1. The summed E-state index contributed by atoms with van der Waals surface area (Å²) in [5, 5.41) is 5.26. The highest BCUT2D eigenvalue weighted by Crippen LogP contribution is 2.20. The summed E-state index contributed by atoms with van der Waals surface area (Å²) in [7, 11) is 0. The Kier molecular flexibility index (Phi) is 4.47. The minimum absolute atomic E-state index is 0.0507. The molecule has 0 unspecified atom stereocenters. The van der Waals surface area contributed by atoms with E-state index < -0.39 is 17.5 Å². The number of rotatable bonds is 4. The van der Waals surface area contributed by atoms with Gasteiger partial charge in [-0.25, -0.2) is 13.2 Å². The third-order valence-corrected chi connectivity index (χ3v) is 2.69. The molecule has 0 spiro atoms. The van der Waals surface area contributed by atoms with E-state index in [9.17, 15) is 18.0 Å². The number of halogens is 3. The molecule has 0 aliphatic carbocycles. The van der Waals surface area contributed by atoms with Gasteiger partial charge in [0.2, 0.25) is 5.91 Å². The summed E-state index contributed by atoms with van der Waals surface area (Å²) in [5.41, 5.74) is 0.902. The predicted molar refractivity (Wildman–Crippen MR) is 74.4 cm³/mol. The lowest BCUT2D eigenvalue weighted by molar-refractivity contribution is -0.114. The molecule has 2 aromatic carbocycles. The average molecular weight is 294 g/mol. The van der Waals surface area contributed by atoms with E-state index in [2.05, 4.69) is 10.6 Å². The van der Waals surface area contributed by atoms with Crippen molar-refractivity contribution in [1.82, 2.24) is 0 Å². The minimum atomic E-state index is -0.695. The van der Waals surface area contributed by atoms with Crippen molar-refractivity contribution in [2.75, 3.05) is 10.6 Å². The minimum Gasteiger partial charge on any atom is -0.379 e. The number of amides is 1. The van der Waals surface area contributed by atoms with Crippen LogP contribution in [-0.4, -0.2) is 5.91 Å². The number of carbonyl (C=O) groups is 1. The van der Waals surface area contributed by atoms with Gasteiger partial charge in [-0.15, -0.1) is 0 Å². The maximum atomic E-state index is 13.6. The first-order valence-corrected chi connectivity index (χ1v) is 6.20. The average Bonchev–Trinajstić information content (AvgIpc) is 2.37. The Morgan fingerprint density at radius 3 is 2.33 bits per heavy atom. The lowest BCUT2D eigenvalue weighted by Gasteiger charge is -2.10. The van der Waals surface area contributed by atoms with Crippen LogP contribution in [-0.2, 0) is 11.3 Å². The summed E-state index contributed by atoms with van der Waals surface area (Å²) < 4.78 is 39.7. The van der Waals surface area contributed by atoms with Gasteiger partial charge in [-0.2, -0.15) is 0 Å². The second kappa shape index (κ2) is 6.30. The van der Waals surface area contributed by atoms with Gasteiger partial charge in [0, 0.05) is 25.2 Å². The van der Waals surface area contributed by atoms with E-state index in [4.69, 9.17) is 0 Å². The Morgan fingerprint density at radius 2 is 1.71 bits per heavy atom. The van der Waals surface area contributed by atoms with E-state index in [-0.39, 0.29) is 18.1 Å². The summed E-state index contributed by atoms with van der Waals surface area (Å²) in [6.45, 7) is 1.39. The van der Waals surface area contributed by atoms with E-state index in [1.807, 2.05) is 0 Å². The van der Waals surface area contributed by atoms with E-state index in [1.165, 1.54) is 25.1 Å². The first-order valence-electron chi connectivity index (χ1n) is 6.20. The Balaban J connectivity index is 2.13. The van der Waals surface area contributed by atoms with Gasteiger partial charge < -0.3 is 10.6 Å². The van der Waals surface area contributed by atoms with E-state index in [0.29, 0.717) is 11.3 Å². The zero-order valence-corrected chi connectivity index (χ0v) is 11.2. The van der Waals surface area contributed by atoms with Crippen LogP contribution in [0.25, 0.3) is 0 Å². The summed E-state index contributed by atoms with van der Waals surface area (Å²) in [6.07, 6.45) is 0. The molecule has 0 heterocycles. The smallest absolute Gasteiger partial charge is 0.221 e. The zero-order valence-electron chi connectivity index (χ0n) is 11.2. The molecule has 0 bridgehead atoms. The fourth-order valence-corrected chi connectivity index (χ4v) is 1.85. The van der Waals surface area contributed by atoms with Crippen LogP contribution in [0.3, 0.4) is 0 Å². The van der Waals surface area contributed by atoms with Crippen molar-refractivity contribution in [2.24, 2.45) is 0 Å². The lowest BCUT2D eigenvalue weighted by Crippen LogP contribution is -2.07. The molecule has 0 aliphatic rings. The largest absolute Gasteiger partial charge is 0.379 e. The van der Waals surface area contributed by atoms with Crippen LogP contribution < -0.4 is 10.6 Å². The van der Waals surface area contributed by atoms with Crippen molar-refractivity contribution in [3.05, 3.63) is 59.4 Å². The van der Waals surface area contributed by atoms with Gasteiger partial charge in [-0.3, -0.25) is 4.79 Å². The molecule has 0 radical (unpaired) electrons. The van der Waals surface area contributed by atoms with Crippen LogP contribution in [0.15, 0.2) is 36.4 Å². The SMILES string of the molecule is CC(=O)Nc1ccc(F)c(NCc2cc(F)cc(F)c2)c1. The Morgan fingerprint density at radius 1 is 1.05 bits per heavy atom. The maximum Gasteiger partial charge on any atom is 0.221 e. The van der Waals surface area contributed by atoms with Gasteiger partial charge >= 0.3 is 0 Å². The Bertz CT molecular complexity index is 654. The van der Waals surface area contributed by atoms with Crippen molar-refractivity contribution in [2.45, 2.75) is 13.5 Å². The molecular formula is C15H13F3N2O. The third kappa shape index (κ3) is 4.24. The number of anilines is 2. The van der Waals surface area contributed by atoms with Crippen molar-refractivity contribution in [3.63, 3.8) is 0 Å². The van der Waals surface area contributed by atoms with Crippen molar-refractivity contribution in [3.8, 4) is 0 Å². The normalized spacial score (nSPS) is 10.3. The van der Waals surface area contributed by atoms with Gasteiger partial charge in [-0.1, -0.05) is 0 Å². The molecular weight excluding hydrogens is 281 g/mol. The van der Waals surface area contributed by atoms with Crippen molar-refractivity contribution < 1.29 is 18.0 Å². The maximum absolute atomic E-state index is 13.6. The molecule has 2 N–H and O–H groups in total. The number of carbonyl (C=O) groups excluding carboxylic acids is 1. The molecule has 0 atom stereocenters. The first kappa shape index (κ1) is 14.9. The van der Waals surface area contributed by atoms with Crippen molar-refractivity contribution >= 4 is 17.3 Å². The van der Waals surface area contributed by atoms with Crippen molar-refractivity contribution in [1.29, 1.82) is 0 Å². The zero-order chi connectivity index (χ0) is 15.4. The van der Waals surface area contributed by atoms with Gasteiger partial charge in [0.05, 0.1) is 5.69 Å². The summed E-state index contributed by atoms with van der Waals surface area (Å²) in [6, 6.07) is 7.11. The molecule has 21 heavy (non-hydrogen) atoms. The van der Waals surface area contributed by atoms with E-state index in [1.54, 1.807) is 0 Å². The third-order valence-electron chi connectivity index (χ3n) is 2.69. The van der Waals surface area contributed by atoms with Gasteiger partial charge in [0.15, 0.2) is 0 Å². The second-order valence-electron chi connectivity index (χ2n) is 4.51. The molecule has 0 fully saturated rings. The molecule has 110 valence electrons. The molecule has 0 aliphatic heterocycles. The quantitative estimate of drug-likeness (QED) is 0.903. The van der Waals surface area contributed by atoms with Crippen LogP contribution >= 0.6 is 0 Å². The molecule has 2 rings (SSSR count). The highest BCUT2D eigenvalue weighted by molar-refractivity contribution is 5.89. The van der Waals surface area contributed by atoms with E-state index >= 15 is 0 Å². The number of benzene rings is 2. The first-order chi connectivity index (χ1) is 9.94. The molecule has 0 aromatic heterocycles. The molecule has 2 aromatic rings. The molecule has 0 saturated carbocycles. The van der Waals surface area contributed by atoms with Gasteiger partial charge in [0.25, 0.3) is 0 Å². The highest BCUT2D eigenvalue weighted by Gasteiger charge is 2.06. The molecule has 0 saturated heterocycles. The molecule has 1 amide bonds. The topological polar surface area (TPSA) is 41.1 Å². The van der Waals surface area contributed by atoms with Crippen LogP contribution in [0.2, 0.25) is 0 Å². The van der Waals surface area contributed by atoms with E-state index in [0.717, 1.165) is 18.2 Å². The standard InChI is InChI=1S/C15H13F3N2O/c1-9(21)20-13-2-3-14(18)15(7-13)19-8-10-4-11(16)6-12(17)5-10/h2-7,19H,8H2,1H3,(H,20,21). The lowest BCUT2D eigenvalue weighted by atomic mass is 10.2. The fraction of sp³-hybridized carbons (Fsp3) is 0.133. The number of hydrogen-bond donors (Lipinski definition) is 2. The summed E-state index contributed by atoms with van der Waals surface area (Å²) in [4.78, 5) is 11.0. The monoisotopic (exact) mass is 294 g/mol. The van der Waals surface area contributed by atoms with Crippen LogP contribution in [0, 0.1) is 17.5 Å². The van der Waals surface area contributed by atoms with Crippen LogP contribution in [0.5, 0.6) is 0 Å². The summed E-state index contributed by atoms with van der Waals surface area (Å²) >= 11 is 0. The Labute approximate surface area is 119 Å². The molecule has 3 nitrogen and oxygen atoms in total. The fourth-order valence-electron chi connectivity index (χ4n) is 1.85. The predicted octanol–water partition coefficient (Wildman–Crippen LogP) is 3.67. The van der Waals surface area contributed by atoms with Crippen LogP contribution in [0.4, 0.5) is 24.5 Å². The number of nitrogens with one attached hydrogen (secondary N) is 2. The Hall–Kier alpha value is -2.50. The summed E-state index contributed by atoms with van der Waals surface area (Å²) in [5.74, 6) is -2.20. The number of hydrogen-bond acceptors (Lipinski definition) is 2. The van der Waals surface area contributed by atoms with Gasteiger partial charge in [-0.05, 0) is 35.9 Å².